The van der Waals surface area contributed by atoms with E-state index in [2.05, 4.69) is 4.98 Å². The summed E-state index contributed by atoms with van der Waals surface area (Å²) in [6, 6.07) is 5.60. The molecule has 0 amide bonds. The number of nitrogens with zero attached hydrogens (tertiary/aromatic N) is 1. The molecule has 2 rings (SSSR count). The zero-order chi connectivity index (χ0) is 11.4. The van der Waals surface area contributed by atoms with Crippen LogP contribution < -0.4 is 10.5 Å². The standard InChI is InChI=1S/C12H14N2O2/c1-9-10(6-13)5-12(16-9)8-15-11-3-2-4-14-7-11/h2-5,7H,6,8,13H2,1H3. The van der Waals surface area contributed by atoms with Crippen LogP contribution >= 0.6 is 0 Å². The largest absolute Gasteiger partial charge is 0.484 e. The molecule has 0 aliphatic rings. The van der Waals surface area contributed by atoms with Crippen molar-refractivity contribution in [2.24, 2.45) is 5.73 Å². The minimum atomic E-state index is 0.395. The number of hydrogen-bond acceptors (Lipinski definition) is 4. The average molecular weight is 218 g/mol. The van der Waals surface area contributed by atoms with E-state index in [0.717, 1.165) is 22.8 Å². The van der Waals surface area contributed by atoms with Gasteiger partial charge in [0.05, 0.1) is 6.20 Å². The van der Waals surface area contributed by atoms with Crippen molar-refractivity contribution in [3.8, 4) is 5.75 Å². The van der Waals surface area contributed by atoms with E-state index in [1.807, 2.05) is 25.1 Å². The highest BCUT2D eigenvalue weighted by Crippen LogP contribution is 2.16. The lowest BCUT2D eigenvalue weighted by Gasteiger charge is -2.02. The first-order valence-electron chi connectivity index (χ1n) is 5.10. The first kappa shape index (κ1) is 10.7. The van der Waals surface area contributed by atoms with E-state index < -0.39 is 0 Å². The fourth-order valence-electron chi connectivity index (χ4n) is 1.45. The van der Waals surface area contributed by atoms with Crippen LogP contribution in [0.2, 0.25) is 0 Å². The van der Waals surface area contributed by atoms with Crippen molar-refractivity contribution < 1.29 is 9.15 Å². The van der Waals surface area contributed by atoms with Crippen molar-refractivity contribution in [3.05, 3.63) is 47.7 Å². The Bertz CT molecular complexity index is 451. The lowest BCUT2D eigenvalue weighted by Crippen LogP contribution is -1.96. The summed E-state index contributed by atoms with van der Waals surface area (Å²) in [6.07, 6.45) is 3.37. The van der Waals surface area contributed by atoms with Gasteiger partial charge in [0, 0.05) is 18.3 Å². The number of ether oxygens (including phenoxy) is 1. The predicted molar refractivity (Wildman–Crippen MR) is 59.9 cm³/mol. The van der Waals surface area contributed by atoms with Crippen molar-refractivity contribution in [1.82, 2.24) is 4.98 Å². The van der Waals surface area contributed by atoms with E-state index in [4.69, 9.17) is 14.9 Å². The molecule has 2 N–H and O–H groups in total. The third kappa shape index (κ3) is 2.41. The quantitative estimate of drug-likeness (QED) is 0.852. The van der Waals surface area contributed by atoms with Gasteiger partial charge < -0.3 is 14.9 Å². The summed E-state index contributed by atoms with van der Waals surface area (Å²) in [5.41, 5.74) is 6.58. The van der Waals surface area contributed by atoms with Gasteiger partial charge in [-0.1, -0.05) is 0 Å². The summed E-state index contributed by atoms with van der Waals surface area (Å²) < 4.78 is 11.0. The molecule has 0 aromatic carbocycles. The number of hydrogen-bond donors (Lipinski definition) is 1. The summed E-state index contributed by atoms with van der Waals surface area (Å²) >= 11 is 0. The van der Waals surface area contributed by atoms with Crippen LogP contribution in [0.5, 0.6) is 5.75 Å². The van der Waals surface area contributed by atoms with Crippen molar-refractivity contribution in [2.75, 3.05) is 0 Å². The molecule has 0 radical (unpaired) electrons. The van der Waals surface area contributed by atoms with Gasteiger partial charge in [-0.2, -0.15) is 0 Å². The third-order valence-corrected chi connectivity index (χ3v) is 2.31. The van der Waals surface area contributed by atoms with Crippen LogP contribution in [0.3, 0.4) is 0 Å². The zero-order valence-electron chi connectivity index (χ0n) is 9.14. The van der Waals surface area contributed by atoms with Gasteiger partial charge in [-0.3, -0.25) is 4.98 Å². The van der Waals surface area contributed by atoms with Gasteiger partial charge in [-0.15, -0.1) is 0 Å². The molecule has 0 aliphatic carbocycles. The fourth-order valence-corrected chi connectivity index (χ4v) is 1.45. The van der Waals surface area contributed by atoms with Crippen LogP contribution in [0.4, 0.5) is 0 Å². The normalized spacial score (nSPS) is 10.4. The van der Waals surface area contributed by atoms with E-state index in [-0.39, 0.29) is 0 Å². The monoisotopic (exact) mass is 218 g/mol. The Balaban J connectivity index is 2.00. The van der Waals surface area contributed by atoms with Gasteiger partial charge in [-0.25, -0.2) is 0 Å². The highest BCUT2D eigenvalue weighted by atomic mass is 16.5. The summed E-state index contributed by atoms with van der Waals surface area (Å²) in [7, 11) is 0. The molecule has 0 atom stereocenters. The van der Waals surface area contributed by atoms with Crippen LogP contribution in [0.25, 0.3) is 0 Å². The van der Waals surface area contributed by atoms with E-state index in [9.17, 15) is 0 Å². The Hall–Kier alpha value is -1.81. The summed E-state index contributed by atoms with van der Waals surface area (Å²) in [5, 5.41) is 0. The van der Waals surface area contributed by atoms with Crippen LogP contribution in [-0.4, -0.2) is 4.98 Å². The Morgan fingerprint density at radius 3 is 3.00 bits per heavy atom. The maximum absolute atomic E-state index is 5.56. The second-order valence-electron chi connectivity index (χ2n) is 3.48. The smallest absolute Gasteiger partial charge is 0.146 e. The number of nitrogens with two attached hydrogens (primary N) is 1. The second-order valence-corrected chi connectivity index (χ2v) is 3.48. The summed E-state index contributed by atoms with van der Waals surface area (Å²) in [5.74, 6) is 2.36. The van der Waals surface area contributed by atoms with Gasteiger partial charge in [0.15, 0.2) is 0 Å². The van der Waals surface area contributed by atoms with E-state index in [1.165, 1.54) is 0 Å². The summed E-state index contributed by atoms with van der Waals surface area (Å²) in [4.78, 5) is 3.96. The lowest BCUT2D eigenvalue weighted by molar-refractivity contribution is 0.266. The SMILES string of the molecule is Cc1oc(COc2cccnc2)cc1CN. The topological polar surface area (TPSA) is 61.3 Å². The number of rotatable bonds is 4. The molecule has 2 aromatic rings. The van der Waals surface area contributed by atoms with Gasteiger partial charge >= 0.3 is 0 Å². The van der Waals surface area contributed by atoms with Gasteiger partial charge in [0.2, 0.25) is 0 Å². The molecule has 0 aliphatic heterocycles. The Kier molecular flexibility index (Phi) is 3.22. The number of aryl methyl sites for hydroxylation is 1. The van der Waals surface area contributed by atoms with Gasteiger partial charge in [-0.05, 0) is 25.1 Å². The molecule has 2 heterocycles. The third-order valence-electron chi connectivity index (χ3n) is 2.31. The maximum Gasteiger partial charge on any atom is 0.146 e. The van der Waals surface area contributed by atoms with Gasteiger partial charge in [0.1, 0.15) is 23.9 Å². The highest BCUT2D eigenvalue weighted by Gasteiger charge is 2.06. The molecular weight excluding hydrogens is 204 g/mol. The number of aromatic nitrogens is 1. The molecule has 2 aromatic heterocycles. The molecule has 0 saturated heterocycles. The Morgan fingerprint density at radius 2 is 2.38 bits per heavy atom. The molecule has 0 bridgehead atoms. The van der Waals surface area contributed by atoms with Crippen molar-refractivity contribution >= 4 is 0 Å². The van der Waals surface area contributed by atoms with E-state index in [1.54, 1.807) is 12.4 Å². The van der Waals surface area contributed by atoms with Crippen LogP contribution in [0, 0.1) is 6.92 Å². The molecule has 4 heteroatoms. The number of furan rings is 1. The Morgan fingerprint density at radius 1 is 1.50 bits per heavy atom. The Labute approximate surface area is 94.1 Å². The summed E-state index contributed by atoms with van der Waals surface area (Å²) in [6.45, 7) is 2.78. The van der Waals surface area contributed by atoms with Crippen LogP contribution in [-0.2, 0) is 13.2 Å². The number of pyridine rings is 1. The predicted octanol–water partition coefficient (Wildman–Crippen LogP) is 2.02. The zero-order valence-corrected chi connectivity index (χ0v) is 9.14. The van der Waals surface area contributed by atoms with E-state index in [0.29, 0.717) is 13.2 Å². The molecule has 0 saturated carbocycles. The molecule has 84 valence electrons. The fraction of sp³-hybridized carbons (Fsp3) is 0.250. The van der Waals surface area contributed by atoms with Crippen LogP contribution in [0.15, 0.2) is 35.0 Å². The molecule has 4 nitrogen and oxygen atoms in total. The minimum Gasteiger partial charge on any atom is -0.484 e. The minimum absolute atomic E-state index is 0.395. The molecule has 0 unspecified atom stereocenters. The van der Waals surface area contributed by atoms with Crippen molar-refractivity contribution in [2.45, 2.75) is 20.1 Å². The maximum atomic E-state index is 5.56. The molecule has 0 fully saturated rings. The lowest BCUT2D eigenvalue weighted by atomic mass is 10.2. The average Bonchev–Trinajstić information content (AvgIpc) is 2.69. The molecule has 0 spiro atoms. The molecular formula is C12H14N2O2. The van der Waals surface area contributed by atoms with Gasteiger partial charge in [0.25, 0.3) is 0 Å². The second kappa shape index (κ2) is 4.81. The van der Waals surface area contributed by atoms with E-state index >= 15 is 0 Å². The first-order chi connectivity index (χ1) is 7.79. The van der Waals surface area contributed by atoms with Crippen molar-refractivity contribution in [3.63, 3.8) is 0 Å². The van der Waals surface area contributed by atoms with Crippen LogP contribution in [0.1, 0.15) is 17.1 Å². The van der Waals surface area contributed by atoms with Crippen molar-refractivity contribution in [1.29, 1.82) is 0 Å². The first-order valence-corrected chi connectivity index (χ1v) is 5.10. The highest BCUT2D eigenvalue weighted by molar-refractivity contribution is 5.21. The molecule has 16 heavy (non-hydrogen) atoms.